The summed E-state index contributed by atoms with van der Waals surface area (Å²) in [6.45, 7) is 8.17. The van der Waals surface area contributed by atoms with Gasteiger partial charge in [0.25, 0.3) is 0 Å². The Morgan fingerprint density at radius 2 is 2.05 bits per heavy atom. The average Bonchev–Trinajstić information content (AvgIpc) is 2.95. The molecule has 0 N–H and O–H groups in total. The number of likely N-dealkylation sites (tertiary alicyclic amines) is 1. The quantitative estimate of drug-likeness (QED) is 0.849. The zero-order valence-corrected chi connectivity index (χ0v) is 14.1. The summed E-state index contributed by atoms with van der Waals surface area (Å²) in [6.07, 6.45) is 4.98. The molecule has 2 aliphatic heterocycles. The molecule has 2 fully saturated rings. The minimum atomic E-state index is 0.319. The van der Waals surface area contributed by atoms with Gasteiger partial charge in [-0.05, 0) is 38.8 Å². The Bertz CT molecular complexity index is 491. The molecule has 1 aromatic heterocycles. The summed E-state index contributed by atoms with van der Waals surface area (Å²) >= 11 is 1.79. The number of rotatable bonds is 4. The van der Waals surface area contributed by atoms with Crippen LogP contribution in [0.1, 0.15) is 29.1 Å². The van der Waals surface area contributed by atoms with E-state index in [0.29, 0.717) is 31.5 Å². The van der Waals surface area contributed by atoms with E-state index in [1.54, 1.807) is 11.3 Å². The third-order valence-corrected chi connectivity index (χ3v) is 5.48. The summed E-state index contributed by atoms with van der Waals surface area (Å²) in [5, 5.41) is 1.14. The predicted molar refractivity (Wildman–Crippen MR) is 86.9 cm³/mol. The lowest BCUT2D eigenvalue weighted by atomic mass is 9.93. The Balaban J connectivity index is 1.40. The molecule has 0 radical (unpaired) electrons. The monoisotopic (exact) mass is 323 g/mol. The second-order valence-electron chi connectivity index (χ2n) is 6.26. The SMILES string of the molecule is Cc1ncc(CN2CCC(CC(=O)N3CCOCC3)CC2)s1. The van der Waals surface area contributed by atoms with E-state index in [0.717, 1.165) is 50.6 Å². The Morgan fingerprint density at radius 1 is 1.32 bits per heavy atom. The molecule has 0 aromatic carbocycles. The van der Waals surface area contributed by atoms with Crippen molar-refractivity contribution >= 4 is 17.2 Å². The van der Waals surface area contributed by atoms with Gasteiger partial charge in [0, 0.05) is 37.1 Å². The molecule has 0 unspecified atom stereocenters. The first-order valence-electron chi connectivity index (χ1n) is 8.20. The molecule has 1 aromatic rings. The number of aromatic nitrogens is 1. The number of amides is 1. The summed E-state index contributed by atoms with van der Waals surface area (Å²) in [4.78, 5) is 22.4. The largest absolute Gasteiger partial charge is 0.378 e. The summed E-state index contributed by atoms with van der Waals surface area (Å²) in [7, 11) is 0. The molecule has 0 spiro atoms. The van der Waals surface area contributed by atoms with Crippen LogP contribution >= 0.6 is 11.3 Å². The number of ether oxygens (including phenoxy) is 1. The Labute approximate surface area is 136 Å². The molecule has 6 heteroatoms. The fourth-order valence-corrected chi connectivity index (χ4v) is 4.07. The van der Waals surface area contributed by atoms with Crippen LogP contribution in [0.15, 0.2) is 6.20 Å². The smallest absolute Gasteiger partial charge is 0.223 e. The van der Waals surface area contributed by atoms with Crippen molar-refractivity contribution in [3.8, 4) is 0 Å². The number of hydrogen-bond donors (Lipinski definition) is 0. The van der Waals surface area contributed by atoms with Crippen molar-refractivity contribution < 1.29 is 9.53 Å². The third-order valence-electron chi connectivity index (χ3n) is 4.58. The molecule has 0 saturated carbocycles. The van der Waals surface area contributed by atoms with E-state index in [1.165, 1.54) is 4.88 Å². The second kappa shape index (κ2) is 7.53. The van der Waals surface area contributed by atoms with Crippen molar-refractivity contribution in [2.24, 2.45) is 5.92 Å². The van der Waals surface area contributed by atoms with Gasteiger partial charge in [0.2, 0.25) is 5.91 Å². The van der Waals surface area contributed by atoms with Gasteiger partial charge in [-0.3, -0.25) is 9.69 Å². The summed E-state index contributed by atoms with van der Waals surface area (Å²) in [6, 6.07) is 0. The van der Waals surface area contributed by atoms with E-state index in [2.05, 4.69) is 16.8 Å². The molecular formula is C16H25N3O2S. The van der Waals surface area contributed by atoms with Gasteiger partial charge in [0.05, 0.1) is 18.2 Å². The lowest BCUT2D eigenvalue weighted by Gasteiger charge is -2.33. The summed E-state index contributed by atoms with van der Waals surface area (Å²) in [5.41, 5.74) is 0. The van der Waals surface area contributed by atoms with Crippen LogP contribution in [0, 0.1) is 12.8 Å². The number of morpholine rings is 1. The predicted octanol–water partition coefficient (Wildman–Crippen LogP) is 1.91. The van der Waals surface area contributed by atoms with Gasteiger partial charge >= 0.3 is 0 Å². The fourth-order valence-electron chi connectivity index (χ4n) is 3.24. The van der Waals surface area contributed by atoms with Crippen molar-refractivity contribution in [1.82, 2.24) is 14.8 Å². The highest BCUT2D eigenvalue weighted by Gasteiger charge is 2.25. The molecule has 122 valence electrons. The van der Waals surface area contributed by atoms with Gasteiger partial charge in [0.1, 0.15) is 0 Å². The van der Waals surface area contributed by atoms with Crippen LogP contribution in [0.3, 0.4) is 0 Å². The summed E-state index contributed by atoms with van der Waals surface area (Å²) < 4.78 is 5.31. The lowest BCUT2D eigenvalue weighted by molar-refractivity contribution is -0.136. The first kappa shape index (κ1) is 15.9. The van der Waals surface area contributed by atoms with Gasteiger partial charge in [-0.1, -0.05) is 0 Å². The third kappa shape index (κ3) is 4.27. The molecule has 22 heavy (non-hydrogen) atoms. The first-order valence-corrected chi connectivity index (χ1v) is 9.01. The van der Waals surface area contributed by atoms with Gasteiger partial charge in [-0.25, -0.2) is 4.98 Å². The van der Waals surface area contributed by atoms with Crippen LogP contribution in [0.2, 0.25) is 0 Å². The fraction of sp³-hybridized carbons (Fsp3) is 0.750. The standard InChI is InChI=1S/C16H25N3O2S/c1-13-17-11-15(22-13)12-18-4-2-14(3-5-18)10-16(20)19-6-8-21-9-7-19/h11,14H,2-10,12H2,1H3. The van der Waals surface area contributed by atoms with E-state index < -0.39 is 0 Å². The number of nitrogens with zero attached hydrogens (tertiary/aromatic N) is 3. The minimum absolute atomic E-state index is 0.319. The van der Waals surface area contributed by atoms with E-state index >= 15 is 0 Å². The van der Waals surface area contributed by atoms with E-state index in [9.17, 15) is 4.79 Å². The number of piperidine rings is 1. The van der Waals surface area contributed by atoms with Crippen LogP contribution in [0.25, 0.3) is 0 Å². The van der Waals surface area contributed by atoms with E-state index in [-0.39, 0.29) is 0 Å². The molecular weight excluding hydrogens is 298 g/mol. The number of carbonyl (C=O) groups excluding carboxylic acids is 1. The van der Waals surface area contributed by atoms with Gasteiger partial charge in [0.15, 0.2) is 0 Å². The average molecular weight is 323 g/mol. The van der Waals surface area contributed by atoms with Crippen LogP contribution in [-0.2, 0) is 16.1 Å². The second-order valence-corrected chi connectivity index (χ2v) is 7.58. The van der Waals surface area contributed by atoms with Gasteiger partial charge in [-0.2, -0.15) is 0 Å². The van der Waals surface area contributed by atoms with E-state index in [1.807, 2.05) is 11.1 Å². The highest BCUT2D eigenvalue weighted by Crippen LogP contribution is 2.24. The van der Waals surface area contributed by atoms with Crippen LogP contribution < -0.4 is 0 Å². The molecule has 2 saturated heterocycles. The van der Waals surface area contributed by atoms with E-state index in [4.69, 9.17) is 4.74 Å². The molecule has 0 atom stereocenters. The molecule has 0 bridgehead atoms. The zero-order valence-electron chi connectivity index (χ0n) is 13.3. The van der Waals surface area contributed by atoms with Crippen molar-refractivity contribution in [3.63, 3.8) is 0 Å². The minimum Gasteiger partial charge on any atom is -0.378 e. The van der Waals surface area contributed by atoms with Gasteiger partial charge in [-0.15, -0.1) is 11.3 Å². The highest BCUT2D eigenvalue weighted by atomic mass is 32.1. The van der Waals surface area contributed by atoms with Crippen LogP contribution in [0.4, 0.5) is 0 Å². The summed E-state index contributed by atoms with van der Waals surface area (Å²) in [5.74, 6) is 0.870. The molecule has 3 rings (SSSR count). The Kier molecular flexibility index (Phi) is 5.44. The topological polar surface area (TPSA) is 45.7 Å². The number of carbonyl (C=O) groups is 1. The van der Waals surface area contributed by atoms with Gasteiger partial charge < -0.3 is 9.64 Å². The lowest BCUT2D eigenvalue weighted by Crippen LogP contribution is -2.42. The van der Waals surface area contributed by atoms with Crippen molar-refractivity contribution in [2.75, 3.05) is 39.4 Å². The number of thiazole rings is 1. The van der Waals surface area contributed by atoms with Crippen molar-refractivity contribution in [2.45, 2.75) is 32.7 Å². The van der Waals surface area contributed by atoms with Crippen LogP contribution in [0.5, 0.6) is 0 Å². The molecule has 0 aliphatic carbocycles. The molecule has 5 nitrogen and oxygen atoms in total. The number of aryl methyl sites for hydroxylation is 1. The number of hydrogen-bond acceptors (Lipinski definition) is 5. The first-order chi connectivity index (χ1) is 10.7. The molecule has 3 heterocycles. The van der Waals surface area contributed by atoms with Crippen LogP contribution in [-0.4, -0.2) is 60.1 Å². The molecule has 1 amide bonds. The maximum atomic E-state index is 12.3. The maximum absolute atomic E-state index is 12.3. The molecule has 2 aliphatic rings. The zero-order chi connectivity index (χ0) is 15.4. The van der Waals surface area contributed by atoms with Crippen molar-refractivity contribution in [1.29, 1.82) is 0 Å². The normalized spacial score (nSPS) is 21.2. The Hall–Kier alpha value is -0.980. The highest BCUT2D eigenvalue weighted by molar-refractivity contribution is 7.11. The van der Waals surface area contributed by atoms with Crippen molar-refractivity contribution in [3.05, 3.63) is 16.1 Å². The Morgan fingerprint density at radius 3 is 2.68 bits per heavy atom. The maximum Gasteiger partial charge on any atom is 0.223 e.